The lowest BCUT2D eigenvalue weighted by Gasteiger charge is -2.38. The normalized spacial score (nSPS) is 20.6. The van der Waals surface area contributed by atoms with Crippen LogP contribution >= 0.6 is 0 Å². The predicted molar refractivity (Wildman–Crippen MR) is 73.7 cm³/mol. The van der Waals surface area contributed by atoms with E-state index in [4.69, 9.17) is 4.74 Å². The van der Waals surface area contributed by atoms with Crippen molar-refractivity contribution in [3.63, 3.8) is 0 Å². The van der Waals surface area contributed by atoms with E-state index in [1.165, 1.54) is 4.90 Å². The molecule has 2 rings (SSSR count). The number of carboxylic acid groups (broad SMARTS) is 1. The molecule has 1 aliphatic rings. The van der Waals surface area contributed by atoms with E-state index in [2.05, 4.69) is 0 Å². The molecule has 1 aromatic carbocycles. The van der Waals surface area contributed by atoms with Crippen molar-refractivity contribution in [3.8, 4) is 5.75 Å². The summed E-state index contributed by atoms with van der Waals surface area (Å²) in [6.45, 7) is 3.63. The Morgan fingerprint density at radius 1 is 1.50 bits per heavy atom. The maximum absolute atomic E-state index is 11.9. The second kappa shape index (κ2) is 5.15. The van der Waals surface area contributed by atoms with Gasteiger partial charge >= 0.3 is 5.97 Å². The highest BCUT2D eigenvalue weighted by Crippen LogP contribution is 2.43. The molecular weight excluding hydrogens is 258 g/mol. The molecule has 0 fully saturated rings. The van der Waals surface area contributed by atoms with E-state index in [-0.39, 0.29) is 6.04 Å². The topological polar surface area (TPSA) is 66.8 Å². The third kappa shape index (κ3) is 1.94. The number of aryl methyl sites for hydroxylation is 1. The number of rotatable bonds is 5. The number of aliphatic carboxylic acids is 1. The first-order valence-corrected chi connectivity index (χ1v) is 6.62. The first kappa shape index (κ1) is 14.4. The Kier molecular flexibility index (Phi) is 3.70. The number of benzene rings is 1. The predicted octanol–water partition coefficient (Wildman–Crippen LogP) is 1.79. The van der Waals surface area contributed by atoms with Gasteiger partial charge in [0, 0.05) is 6.04 Å². The fraction of sp³-hybridized carbons (Fsp3) is 0.467. The van der Waals surface area contributed by atoms with Crippen LogP contribution in [-0.2, 0) is 21.5 Å². The number of fused-ring (bicyclic) bond motifs is 1. The molecule has 0 heterocycles. The molecule has 0 aromatic heterocycles. The van der Waals surface area contributed by atoms with Crippen molar-refractivity contribution >= 4 is 12.4 Å². The summed E-state index contributed by atoms with van der Waals surface area (Å²) in [5.41, 5.74) is 0.325. The highest BCUT2D eigenvalue weighted by Gasteiger charge is 2.51. The SMILES string of the molecule is COc1ccc2c(c1)C(C(=O)O)(N(C=O)C(C)C)CC2. The summed E-state index contributed by atoms with van der Waals surface area (Å²) in [5, 5.41) is 9.78. The molecule has 1 unspecified atom stereocenters. The van der Waals surface area contributed by atoms with Crippen LogP contribution in [0.1, 0.15) is 31.4 Å². The molecule has 1 aromatic rings. The Bertz CT molecular complexity index is 541. The molecule has 0 radical (unpaired) electrons. The molecule has 0 saturated heterocycles. The summed E-state index contributed by atoms with van der Waals surface area (Å²) in [7, 11) is 1.54. The van der Waals surface area contributed by atoms with Crippen molar-refractivity contribution in [1.82, 2.24) is 4.90 Å². The molecule has 0 bridgehead atoms. The second-order valence-corrected chi connectivity index (χ2v) is 5.29. The average Bonchev–Trinajstić information content (AvgIpc) is 2.79. The van der Waals surface area contributed by atoms with Gasteiger partial charge in [-0.15, -0.1) is 0 Å². The molecule has 1 atom stereocenters. The number of amides is 1. The van der Waals surface area contributed by atoms with Crippen LogP contribution in [0.3, 0.4) is 0 Å². The molecule has 0 aliphatic heterocycles. The lowest BCUT2D eigenvalue weighted by molar-refractivity contribution is -0.158. The molecule has 0 saturated carbocycles. The van der Waals surface area contributed by atoms with E-state index in [0.717, 1.165) is 5.56 Å². The van der Waals surface area contributed by atoms with Crippen LogP contribution in [0, 0.1) is 0 Å². The van der Waals surface area contributed by atoms with Gasteiger partial charge in [-0.2, -0.15) is 0 Å². The van der Waals surface area contributed by atoms with Gasteiger partial charge in [0.1, 0.15) is 5.75 Å². The molecule has 0 spiro atoms. The van der Waals surface area contributed by atoms with Crippen LogP contribution in [-0.4, -0.2) is 35.5 Å². The third-order valence-electron chi connectivity index (χ3n) is 3.98. The van der Waals surface area contributed by atoms with Gasteiger partial charge < -0.3 is 14.7 Å². The molecule has 108 valence electrons. The van der Waals surface area contributed by atoms with Gasteiger partial charge in [-0.25, -0.2) is 4.79 Å². The zero-order chi connectivity index (χ0) is 14.9. The molecule has 1 aliphatic carbocycles. The highest BCUT2D eigenvalue weighted by atomic mass is 16.5. The van der Waals surface area contributed by atoms with Gasteiger partial charge in [0.15, 0.2) is 5.54 Å². The summed E-state index contributed by atoms with van der Waals surface area (Å²) < 4.78 is 5.19. The van der Waals surface area contributed by atoms with Crippen molar-refractivity contribution in [1.29, 1.82) is 0 Å². The molecule has 5 nitrogen and oxygen atoms in total. The molecule has 20 heavy (non-hydrogen) atoms. The van der Waals surface area contributed by atoms with E-state index in [0.29, 0.717) is 30.6 Å². The number of carboxylic acids is 1. The van der Waals surface area contributed by atoms with Crippen molar-refractivity contribution < 1.29 is 19.4 Å². The number of nitrogens with zero attached hydrogens (tertiary/aromatic N) is 1. The van der Waals surface area contributed by atoms with E-state index in [1.54, 1.807) is 13.2 Å². The van der Waals surface area contributed by atoms with Crippen molar-refractivity contribution in [2.75, 3.05) is 7.11 Å². The standard InChI is InChI=1S/C15H19NO4/c1-10(2)16(9-17)15(14(18)19)7-6-11-4-5-12(20-3)8-13(11)15/h4-5,8-10H,6-7H2,1-3H3,(H,18,19). The zero-order valence-electron chi connectivity index (χ0n) is 11.9. The van der Waals surface area contributed by atoms with Crippen LogP contribution in [0.2, 0.25) is 0 Å². The number of methoxy groups -OCH3 is 1. The lowest BCUT2D eigenvalue weighted by Crippen LogP contribution is -2.53. The number of hydrogen-bond donors (Lipinski definition) is 1. The van der Waals surface area contributed by atoms with E-state index in [9.17, 15) is 14.7 Å². The van der Waals surface area contributed by atoms with Gasteiger partial charge in [0.25, 0.3) is 0 Å². The number of hydrogen-bond acceptors (Lipinski definition) is 3. The van der Waals surface area contributed by atoms with E-state index < -0.39 is 11.5 Å². The summed E-state index contributed by atoms with van der Waals surface area (Å²) in [6, 6.07) is 5.23. The molecular formula is C15H19NO4. The maximum Gasteiger partial charge on any atom is 0.334 e. The smallest absolute Gasteiger partial charge is 0.334 e. The van der Waals surface area contributed by atoms with Crippen LogP contribution in [0.5, 0.6) is 5.75 Å². The Morgan fingerprint density at radius 2 is 2.20 bits per heavy atom. The van der Waals surface area contributed by atoms with E-state index >= 15 is 0 Å². The quantitative estimate of drug-likeness (QED) is 0.833. The summed E-state index contributed by atoms with van der Waals surface area (Å²) >= 11 is 0. The molecule has 1 N–H and O–H groups in total. The Labute approximate surface area is 118 Å². The number of carbonyl (C=O) groups excluding carboxylic acids is 1. The first-order chi connectivity index (χ1) is 9.47. The third-order valence-corrected chi connectivity index (χ3v) is 3.98. The second-order valence-electron chi connectivity index (χ2n) is 5.29. The average molecular weight is 277 g/mol. The van der Waals surface area contributed by atoms with Crippen LogP contribution < -0.4 is 4.74 Å². The zero-order valence-corrected chi connectivity index (χ0v) is 11.9. The van der Waals surface area contributed by atoms with Crippen LogP contribution in [0.4, 0.5) is 0 Å². The Balaban J connectivity index is 2.64. The highest BCUT2D eigenvalue weighted by molar-refractivity contribution is 5.85. The fourth-order valence-corrected chi connectivity index (χ4v) is 2.99. The van der Waals surface area contributed by atoms with Gasteiger partial charge in [0.2, 0.25) is 6.41 Å². The summed E-state index contributed by atoms with van der Waals surface area (Å²) in [6.07, 6.45) is 1.66. The minimum absolute atomic E-state index is 0.194. The van der Waals surface area contributed by atoms with E-state index in [1.807, 2.05) is 26.0 Å². The Hall–Kier alpha value is -2.04. The minimum atomic E-state index is -1.29. The summed E-state index contributed by atoms with van der Waals surface area (Å²) in [5.74, 6) is -0.392. The molecule has 5 heteroatoms. The minimum Gasteiger partial charge on any atom is -0.497 e. The summed E-state index contributed by atoms with van der Waals surface area (Å²) in [4.78, 5) is 24.8. The largest absolute Gasteiger partial charge is 0.497 e. The van der Waals surface area contributed by atoms with Gasteiger partial charge in [-0.3, -0.25) is 4.79 Å². The van der Waals surface area contributed by atoms with Crippen molar-refractivity contribution in [2.45, 2.75) is 38.3 Å². The lowest BCUT2D eigenvalue weighted by atomic mass is 9.88. The first-order valence-electron chi connectivity index (χ1n) is 6.62. The van der Waals surface area contributed by atoms with Crippen molar-refractivity contribution in [3.05, 3.63) is 29.3 Å². The fourth-order valence-electron chi connectivity index (χ4n) is 2.99. The Morgan fingerprint density at radius 3 is 2.70 bits per heavy atom. The molecule has 1 amide bonds. The number of ether oxygens (including phenoxy) is 1. The monoisotopic (exact) mass is 277 g/mol. The number of carbonyl (C=O) groups is 2. The van der Waals surface area contributed by atoms with Gasteiger partial charge in [0.05, 0.1) is 7.11 Å². The van der Waals surface area contributed by atoms with Gasteiger partial charge in [-0.1, -0.05) is 6.07 Å². The van der Waals surface area contributed by atoms with Crippen molar-refractivity contribution in [2.24, 2.45) is 0 Å². The van der Waals surface area contributed by atoms with Crippen LogP contribution in [0.15, 0.2) is 18.2 Å². The van der Waals surface area contributed by atoms with Crippen LogP contribution in [0.25, 0.3) is 0 Å². The van der Waals surface area contributed by atoms with Gasteiger partial charge in [-0.05, 0) is 49.9 Å². The maximum atomic E-state index is 11.9.